The monoisotopic (exact) mass is 273 g/mol. The van der Waals surface area contributed by atoms with Gasteiger partial charge in [-0.25, -0.2) is 0 Å². The van der Waals surface area contributed by atoms with Gasteiger partial charge in [-0.2, -0.15) is 0 Å². The SMILES string of the molecule is CC1=C2CCC=C2N(C(C)(C)C)c2ccc(Cl)cc21. The molecule has 0 fully saturated rings. The van der Waals surface area contributed by atoms with Crippen LogP contribution in [0.4, 0.5) is 5.69 Å². The molecule has 1 aliphatic carbocycles. The summed E-state index contributed by atoms with van der Waals surface area (Å²) < 4.78 is 0. The molecule has 0 atom stereocenters. The van der Waals surface area contributed by atoms with Crippen molar-refractivity contribution in [1.82, 2.24) is 0 Å². The molecule has 1 nitrogen and oxygen atoms in total. The van der Waals surface area contributed by atoms with Gasteiger partial charge in [-0.1, -0.05) is 17.7 Å². The summed E-state index contributed by atoms with van der Waals surface area (Å²) in [5.41, 5.74) is 6.93. The molecule has 2 heteroatoms. The highest BCUT2D eigenvalue weighted by atomic mass is 35.5. The van der Waals surface area contributed by atoms with E-state index in [-0.39, 0.29) is 5.54 Å². The summed E-state index contributed by atoms with van der Waals surface area (Å²) in [5, 5.41) is 0.818. The summed E-state index contributed by atoms with van der Waals surface area (Å²) in [6.07, 6.45) is 4.68. The number of fused-ring (bicyclic) bond motifs is 2. The summed E-state index contributed by atoms with van der Waals surface area (Å²) in [5.74, 6) is 0. The lowest BCUT2D eigenvalue weighted by molar-refractivity contribution is 0.542. The lowest BCUT2D eigenvalue weighted by atomic mass is 9.89. The number of anilines is 1. The van der Waals surface area contributed by atoms with Gasteiger partial charge in [0.25, 0.3) is 0 Å². The Balaban J connectivity index is 2.29. The molecule has 19 heavy (non-hydrogen) atoms. The molecule has 0 bridgehead atoms. The van der Waals surface area contributed by atoms with E-state index in [0.29, 0.717) is 0 Å². The Labute approximate surface area is 120 Å². The Morgan fingerprint density at radius 2 is 1.95 bits per heavy atom. The van der Waals surface area contributed by atoms with Gasteiger partial charge in [0.15, 0.2) is 0 Å². The molecule has 3 rings (SSSR count). The fourth-order valence-corrected chi connectivity index (χ4v) is 3.40. The van der Waals surface area contributed by atoms with Gasteiger partial charge in [0, 0.05) is 27.5 Å². The fraction of sp³-hybridized carbons (Fsp3) is 0.412. The number of rotatable bonds is 0. The molecule has 1 aromatic rings. The van der Waals surface area contributed by atoms with E-state index in [1.807, 2.05) is 6.07 Å². The van der Waals surface area contributed by atoms with Crippen molar-refractivity contribution < 1.29 is 0 Å². The summed E-state index contributed by atoms with van der Waals surface area (Å²) in [4.78, 5) is 2.47. The second-order valence-electron chi connectivity index (χ2n) is 6.40. The molecule has 1 aromatic carbocycles. The second kappa shape index (κ2) is 4.14. The van der Waals surface area contributed by atoms with Gasteiger partial charge >= 0.3 is 0 Å². The maximum atomic E-state index is 6.19. The maximum absolute atomic E-state index is 6.19. The molecular weight excluding hydrogens is 254 g/mol. The van der Waals surface area contributed by atoms with Crippen molar-refractivity contribution in [2.24, 2.45) is 0 Å². The van der Waals surface area contributed by atoms with E-state index in [0.717, 1.165) is 17.9 Å². The van der Waals surface area contributed by atoms with E-state index in [1.54, 1.807) is 0 Å². The molecule has 1 heterocycles. The Kier molecular flexibility index (Phi) is 2.79. The quantitative estimate of drug-likeness (QED) is 0.611. The Morgan fingerprint density at radius 3 is 2.63 bits per heavy atom. The summed E-state index contributed by atoms with van der Waals surface area (Å²) in [6.45, 7) is 9.03. The molecular formula is C17H20ClN. The van der Waals surface area contributed by atoms with Crippen molar-refractivity contribution in [2.45, 2.75) is 46.1 Å². The molecule has 0 aromatic heterocycles. The first-order chi connectivity index (χ1) is 8.89. The summed E-state index contributed by atoms with van der Waals surface area (Å²) >= 11 is 6.19. The largest absolute Gasteiger partial charge is 0.336 e. The number of halogens is 1. The van der Waals surface area contributed by atoms with Gasteiger partial charge in [0.2, 0.25) is 0 Å². The number of allylic oxidation sites excluding steroid dienone is 3. The molecule has 0 saturated heterocycles. The number of hydrogen-bond acceptors (Lipinski definition) is 1. The van der Waals surface area contributed by atoms with Gasteiger partial charge < -0.3 is 4.90 Å². The van der Waals surface area contributed by atoms with Crippen LogP contribution in [0.3, 0.4) is 0 Å². The first kappa shape index (κ1) is 12.8. The Hall–Kier alpha value is -1.21. The zero-order valence-electron chi connectivity index (χ0n) is 12.0. The average molecular weight is 274 g/mol. The Morgan fingerprint density at radius 1 is 1.21 bits per heavy atom. The van der Waals surface area contributed by atoms with Gasteiger partial charge in [-0.3, -0.25) is 0 Å². The van der Waals surface area contributed by atoms with Gasteiger partial charge in [-0.05, 0) is 69.9 Å². The predicted octanol–water partition coefficient (Wildman–Crippen LogP) is 5.41. The smallest absolute Gasteiger partial charge is 0.0493 e. The minimum Gasteiger partial charge on any atom is -0.336 e. The average Bonchev–Trinajstić information content (AvgIpc) is 2.77. The van der Waals surface area contributed by atoms with Crippen LogP contribution in [0, 0.1) is 0 Å². The molecule has 1 aliphatic heterocycles. The lowest BCUT2D eigenvalue weighted by Crippen LogP contribution is -2.42. The van der Waals surface area contributed by atoms with Gasteiger partial charge in [0.05, 0.1) is 0 Å². The van der Waals surface area contributed by atoms with E-state index >= 15 is 0 Å². The van der Waals surface area contributed by atoms with Crippen LogP contribution in [0.2, 0.25) is 5.02 Å². The molecule has 2 aliphatic rings. The van der Waals surface area contributed by atoms with Crippen molar-refractivity contribution in [3.8, 4) is 0 Å². The molecule has 0 saturated carbocycles. The van der Waals surface area contributed by atoms with Gasteiger partial charge in [-0.15, -0.1) is 0 Å². The minimum absolute atomic E-state index is 0.0741. The normalized spacial score (nSPS) is 18.4. The fourth-order valence-electron chi connectivity index (χ4n) is 3.23. The topological polar surface area (TPSA) is 3.24 Å². The maximum Gasteiger partial charge on any atom is 0.0493 e. The predicted molar refractivity (Wildman–Crippen MR) is 83.6 cm³/mol. The van der Waals surface area contributed by atoms with Crippen LogP contribution in [0.15, 0.2) is 35.5 Å². The standard InChI is InChI=1S/C17H20ClN/c1-11-13-6-5-7-15(13)19(17(2,3)4)16-9-8-12(18)10-14(11)16/h7-10H,5-6H2,1-4H3. The molecule has 100 valence electrons. The number of nitrogens with zero attached hydrogens (tertiary/aromatic N) is 1. The van der Waals surface area contributed by atoms with Crippen LogP contribution < -0.4 is 4.90 Å². The van der Waals surface area contributed by atoms with Crippen LogP contribution in [0.5, 0.6) is 0 Å². The Bertz CT molecular complexity index is 602. The van der Waals surface area contributed by atoms with Crippen molar-refractivity contribution in [3.05, 3.63) is 46.1 Å². The van der Waals surface area contributed by atoms with E-state index in [2.05, 4.69) is 50.8 Å². The van der Waals surface area contributed by atoms with E-state index in [1.165, 1.54) is 28.1 Å². The highest BCUT2D eigenvalue weighted by Gasteiger charge is 2.34. The van der Waals surface area contributed by atoms with Crippen molar-refractivity contribution in [3.63, 3.8) is 0 Å². The van der Waals surface area contributed by atoms with E-state index in [4.69, 9.17) is 11.6 Å². The van der Waals surface area contributed by atoms with Crippen LogP contribution in [-0.4, -0.2) is 5.54 Å². The highest BCUT2D eigenvalue weighted by molar-refractivity contribution is 6.31. The van der Waals surface area contributed by atoms with Crippen molar-refractivity contribution >= 4 is 22.9 Å². The third-order valence-electron chi connectivity index (χ3n) is 4.01. The molecule has 0 spiro atoms. The molecule has 0 N–H and O–H groups in total. The zero-order chi connectivity index (χ0) is 13.8. The third-order valence-corrected chi connectivity index (χ3v) is 4.24. The number of hydrogen-bond donors (Lipinski definition) is 0. The first-order valence-corrected chi connectivity index (χ1v) is 7.28. The lowest BCUT2D eigenvalue weighted by Gasteiger charge is -2.43. The summed E-state index contributed by atoms with van der Waals surface area (Å²) in [6, 6.07) is 6.25. The van der Waals surface area contributed by atoms with E-state index in [9.17, 15) is 0 Å². The van der Waals surface area contributed by atoms with Crippen LogP contribution in [0.25, 0.3) is 5.57 Å². The van der Waals surface area contributed by atoms with E-state index < -0.39 is 0 Å². The zero-order valence-corrected chi connectivity index (χ0v) is 12.8. The van der Waals surface area contributed by atoms with Crippen molar-refractivity contribution in [2.75, 3.05) is 4.90 Å². The molecule has 0 radical (unpaired) electrons. The van der Waals surface area contributed by atoms with Crippen LogP contribution >= 0.6 is 11.6 Å². The second-order valence-corrected chi connectivity index (χ2v) is 6.84. The van der Waals surface area contributed by atoms with Crippen molar-refractivity contribution in [1.29, 1.82) is 0 Å². The van der Waals surface area contributed by atoms with Gasteiger partial charge in [0.1, 0.15) is 0 Å². The number of benzene rings is 1. The first-order valence-electron chi connectivity index (χ1n) is 6.90. The molecule has 0 unspecified atom stereocenters. The molecule has 0 amide bonds. The third kappa shape index (κ3) is 1.92. The summed E-state index contributed by atoms with van der Waals surface area (Å²) in [7, 11) is 0. The highest BCUT2D eigenvalue weighted by Crippen LogP contribution is 2.47. The van der Waals surface area contributed by atoms with Crippen LogP contribution in [0.1, 0.15) is 46.1 Å². The minimum atomic E-state index is 0.0741. The van der Waals surface area contributed by atoms with Crippen LogP contribution in [-0.2, 0) is 0 Å².